The molecule has 45 heavy (non-hydrogen) atoms. The lowest BCUT2D eigenvalue weighted by atomic mass is 10.0. The van der Waals surface area contributed by atoms with Crippen LogP contribution in [0.15, 0.2) is 59.1 Å². The van der Waals surface area contributed by atoms with Crippen LogP contribution in [0.25, 0.3) is 0 Å². The van der Waals surface area contributed by atoms with Gasteiger partial charge in [0.2, 0.25) is 17.7 Å². The van der Waals surface area contributed by atoms with Gasteiger partial charge in [-0.3, -0.25) is 24.1 Å². The van der Waals surface area contributed by atoms with Crippen molar-refractivity contribution in [1.82, 2.24) is 31.3 Å². The largest absolute Gasteiger partial charge is 0.506 e. The van der Waals surface area contributed by atoms with Gasteiger partial charge in [-0.05, 0) is 36.5 Å². The molecule has 0 radical (unpaired) electrons. The Kier molecular flexibility index (Phi) is 11.6. The van der Waals surface area contributed by atoms with Crippen molar-refractivity contribution in [1.29, 1.82) is 0 Å². The normalized spacial score (nSPS) is 20.9. The lowest BCUT2D eigenvalue weighted by molar-refractivity contribution is -0.132. The zero-order valence-corrected chi connectivity index (χ0v) is 26.3. The van der Waals surface area contributed by atoms with Gasteiger partial charge in [-0.1, -0.05) is 73.1 Å². The molecule has 2 bridgehead atoms. The van der Waals surface area contributed by atoms with Crippen LogP contribution in [0.2, 0.25) is 5.02 Å². The van der Waals surface area contributed by atoms with E-state index in [1.165, 1.54) is 19.1 Å². The first-order chi connectivity index (χ1) is 21.5. The van der Waals surface area contributed by atoms with Crippen molar-refractivity contribution in [2.75, 3.05) is 13.1 Å². The number of halogens is 1. The summed E-state index contributed by atoms with van der Waals surface area (Å²) in [6.07, 6.45) is 0.549. The molecule has 4 amide bonds. The first kappa shape index (κ1) is 33.5. The third kappa shape index (κ3) is 9.53. The number of phenols is 1. The molecular formula is C32H39ClN6O6. The number of aromatic nitrogens is 1. The molecular weight excluding hydrogens is 600 g/mol. The maximum Gasteiger partial charge on any atom is 0.274 e. The number of fused-ring (bicyclic) bond motifs is 2. The molecule has 3 atom stereocenters. The van der Waals surface area contributed by atoms with Crippen LogP contribution in [-0.4, -0.2) is 70.0 Å². The highest BCUT2D eigenvalue weighted by Crippen LogP contribution is 2.28. The van der Waals surface area contributed by atoms with Gasteiger partial charge in [0.25, 0.3) is 5.91 Å². The molecule has 240 valence electrons. The average molecular weight is 639 g/mol. The van der Waals surface area contributed by atoms with E-state index in [4.69, 9.17) is 16.1 Å². The predicted octanol–water partition coefficient (Wildman–Crippen LogP) is 2.54. The van der Waals surface area contributed by atoms with Crippen LogP contribution in [0, 0.1) is 5.92 Å². The molecule has 1 aromatic heterocycles. The first-order valence-electron chi connectivity index (χ1n) is 14.9. The third-order valence-corrected chi connectivity index (χ3v) is 7.78. The summed E-state index contributed by atoms with van der Waals surface area (Å²) in [4.78, 5) is 55.0. The van der Waals surface area contributed by atoms with Gasteiger partial charge in [-0.25, -0.2) is 0 Å². The van der Waals surface area contributed by atoms with Crippen LogP contribution in [0.1, 0.15) is 54.6 Å². The summed E-state index contributed by atoms with van der Waals surface area (Å²) in [6, 6.07) is 12.9. The van der Waals surface area contributed by atoms with Crippen LogP contribution in [0.5, 0.6) is 5.75 Å². The Hall–Kier alpha value is -4.42. The van der Waals surface area contributed by atoms with Crippen molar-refractivity contribution in [3.8, 4) is 5.75 Å². The number of aromatic hydroxyl groups is 1. The van der Waals surface area contributed by atoms with Crippen molar-refractivity contribution in [3.05, 3.63) is 82.2 Å². The molecule has 2 aromatic carbocycles. The van der Waals surface area contributed by atoms with E-state index in [1.54, 1.807) is 12.1 Å². The molecule has 3 aromatic rings. The highest BCUT2D eigenvalue weighted by Gasteiger charge is 2.30. The Morgan fingerprint density at radius 1 is 0.978 bits per heavy atom. The summed E-state index contributed by atoms with van der Waals surface area (Å²) in [5.41, 5.74) is 1.48. The molecule has 5 N–H and O–H groups in total. The van der Waals surface area contributed by atoms with E-state index in [1.807, 2.05) is 49.1 Å². The summed E-state index contributed by atoms with van der Waals surface area (Å²) in [5.74, 6) is -1.72. The van der Waals surface area contributed by atoms with Gasteiger partial charge < -0.3 is 30.9 Å². The lowest BCUT2D eigenvalue weighted by Gasteiger charge is -2.26. The number of nitrogens with zero attached hydrogens (tertiary/aromatic N) is 2. The summed E-state index contributed by atoms with van der Waals surface area (Å²) >= 11 is 6.35. The Bertz CT molecular complexity index is 1500. The molecule has 4 rings (SSSR count). The monoisotopic (exact) mass is 638 g/mol. The zero-order valence-electron chi connectivity index (χ0n) is 25.5. The zero-order chi connectivity index (χ0) is 32.5. The highest BCUT2D eigenvalue weighted by molar-refractivity contribution is 6.32. The number of phenolic OH excluding ortho intramolecular Hbond substituents is 1. The minimum absolute atomic E-state index is 0.0189. The Balaban J connectivity index is 1.63. The van der Waals surface area contributed by atoms with Gasteiger partial charge in [0.15, 0.2) is 11.5 Å². The number of rotatable bonds is 6. The second kappa shape index (κ2) is 15.5. The highest BCUT2D eigenvalue weighted by atomic mass is 35.5. The van der Waals surface area contributed by atoms with Gasteiger partial charge in [-0.2, -0.15) is 0 Å². The van der Waals surface area contributed by atoms with E-state index < -0.39 is 35.8 Å². The summed E-state index contributed by atoms with van der Waals surface area (Å²) in [6.45, 7) is 6.34. The topological polar surface area (TPSA) is 166 Å². The van der Waals surface area contributed by atoms with Crippen molar-refractivity contribution < 1.29 is 28.8 Å². The summed E-state index contributed by atoms with van der Waals surface area (Å²) in [7, 11) is 0. The molecule has 12 nitrogen and oxygen atoms in total. The lowest BCUT2D eigenvalue weighted by Crippen LogP contribution is -2.57. The van der Waals surface area contributed by atoms with Gasteiger partial charge in [-0.15, -0.1) is 0 Å². The second-order valence-corrected chi connectivity index (χ2v) is 11.9. The molecule has 0 unspecified atom stereocenters. The fourth-order valence-electron chi connectivity index (χ4n) is 4.99. The smallest absolute Gasteiger partial charge is 0.274 e. The molecule has 0 spiro atoms. The number of hydrogen-bond donors (Lipinski definition) is 5. The molecule has 2 heterocycles. The number of carbonyl (C=O) groups is 4. The van der Waals surface area contributed by atoms with Crippen LogP contribution >= 0.6 is 11.6 Å². The molecule has 13 heteroatoms. The van der Waals surface area contributed by atoms with Crippen molar-refractivity contribution in [2.24, 2.45) is 5.92 Å². The van der Waals surface area contributed by atoms with Crippen molar-refractivity contribution >= 4 is 35.2 Å². The van der Waals surface area contributed by atoms with Gasteiger partial charge >= 0.3 is 0 Å². The van der Waals surface area contributed by atoms with E-state index in [9.17, 15) is 24.3 Å². The second-order valence-electron chi connectivity index (χ2n) is 11.6. The summed E-state index contributed by atoms with van der Waals surface area (Å²) < 4.78 is 5.44. The van der Waals surface area contributed by atoms with Crippen LogP contribution in [0.4, 0.5) is 0 Å². The quantitative estimate of drug-likeness (QED) is 0.275. The Labute approximate surface area is 266 Å². The number of nitrogens with one attached hydrogen (secondary N) is 4. The van der Waals surface area contributed by atoms with E-state index in [-0.39, 0.29) is 54.3 Å². The standard InChI is InChI=1S/C32H39ClN6O6/c1-19(2)14-24-31(43)37-25(15-21-8-5-4-6-9-21)30(42)34-12-13-39(17-22-10-7-11-27(40)28(22)33)18-23-16-26(38-45-23)32(44)35-20(3)29(41)36-24/h4-11,16,19-20,24-25,40H,12-15,17-18H2,1-3H3,(H,34,42)(H,35,44)(H,36,41)(H,37,43)/t20-,24-,25-/m1/s1. The maximum atomic E-state index is 13.5. The Morgan fingerprint density at radius 2 is 1.71 bits per heavy atom. The average Bonchev–Trinajstić information content (AvgIpc) is 3.47. The van der Waals surface area contributed by atoms with E-state index in [2.05, 4.69) is 26.4 Å². The van der Waals surface area contributed by atoms with Crippen LogP contribution in [0.3, 0.4) is 0 Å². The molecule has 0 saturated carbocycles. The fourth-order valence-corrected chi connectivity index (χ4v) is 5.17. The fraction of sp³-hybridized carbons (Fsp3) is 0.406. The number of carbonyl (C=O) groups excluding carboxylic acids is 4. The number of amides is 4. The number of hydrogen-bond acceptors (Lipinski definition) is 8. The molecule has 0 saturated heterocycles. The van der Waals surface area contributed by atoms with Crippen molar-refractivity contribution in [3.63, 3.8) is 0 Å². The van der Waals surface area contributed by atoms with E-state index >= 15 is 0 Å². The molecule has 0 fully saturated rings. The van der Waals surface area contributed by atoms with Gasteiger partial charge in [0.1, 0.15) is 23.9 Å². The van der Waals surface area contributed by atoms with Crippen LogP contribution in [-0.2, 0) is 33.9 Å². The van der Waals surface area contributed by atoms with Gasteiger partial charge in [0.05, 0.1) is 11.6 Å². The molecule has 1 aliphatic rings. The third-order valence-electron chi connectivity index (χ3n) is 7.35. The van der Waals surface area contributed by atoms with E-state index in [0.717, 1.165) is 5.56 Å². The van der Waals surface area contributed by atoms with E-state index in [0.29, 0.717) is 24.3 Å². The maximum absolute atomic E-state index is 13.5. The minimum atomic E-state index is -0.994. The Morgan fingerprint density at radius 3 is 2.44 bits per heavy atom. The SMILES string of the molecule is CC(C)C[C@H]1NC(=O)[C@@H](C)NC(=O)c2cc(on2)CN(Cc2cccc(O)c2Cl)CCNC(=O)[C@@H](Cc2ccccc2)NC1=O. The first-order valence-corrected chi connectivity index (χ1v) is 15.3. The molecule has 1 aliphatic heterocycles. The van der Waals surface area contributed by atoms with Crippen molar-refractivity contribution in [2.45, 2.75) is 64.8 Å². The van der Waals surface area contributed by atoms with Crippen LogP contribution < -0.4 is 21.3 Å². The summed E-state index contributed by atoms with van der Waals surface area (Å²) in [5, 5.41) is 25.3. The molecule has 0 aliphatic carbocycles. The predicted molar refractivity (Wildman–Crippen MR) is 167 cm³/mol. The minimum Gasteiger partial charge on any atom is -0.506 e. The van der Waals surface area contributed by atoms with Gasteiger partial charge in [0, 0.05) is 32.1 Å². The number of benzene rings is 2.